The van der Waals surface area contributed by atoms with Gasteiger partial charge in [-0.3, -0.25) is 0 Å². The number of anilines is 1. The van der Waals surface area contributed by atoms with Crippen molar-refractivity contribution in [1.29, 1.82) is 5.26 Å². The van der Waals surface area contributed by atoms with Crippen LogP contribution in [0.15, 0.2) is 47.4 Å². The van der Waals surface area contributed by atoms with Gasteiger partial charge >= 0.3 is 0 Å². The van der Waals surface area contributed by atoms with Crippen LogP contribution < -0.4 is 4.90 Å². The number of hydrogen-bond acceptors (Lipinski definition) is 7. The normalized spacial score (nSPS) is 16.2. The Morgan fingerprint density at radius 2 is 2.06 bits per heavy atom. The Bertz CT molecular complexity index is 1290. The first-order valence-corrected chi connectivity index (χ1v) is 10.7. The SMILES string of the molecule is Cc1c(-c2ccccc2)c(N2CC[C@H](N(C)C)C2)c2oc(Cn3cncn3)nc2c1C#N. The lowest BCUT2D eigenvalue weighted by molar-refractivity contribution is 0.315. The largest absolute Gasteiger partial charge is 0.436 e. The average molecular weight is 428 g/mol. The smallest absolute Gasteiger partial charge is 0.217 e. The fourth-order valence-corrected chi connectivity index (χ4v) is 4.57. The lowest BCUT2D eigenvalue weighted by Gasteiger charge is -2.25. The van der Waals surface area contributed by atoms with Gasteiger partial charge in [-0.2, -0.15) is 10.4 Å². The van der Waals surface area contributed by atoms with E-state index in [0.717, 1.165) is 41.9 Å². The van der Waals surface area contributed by atoms with E-state index in [1.54, 1.807) is 11.0 Å². The molecule has 5 rings (SSSR count). The van der Waals surface area contributed by atoms with Crippen molar-refractivity contribution in [1.82, 2.24) is 24.6 Å². The number of nitriles is 1. The monoisotopic (exact) mass is 427 g/mol. The summed E-state index contributed by atoms with van der Waals surface area (Å²) in [6, 6.07) is 13.1. The van der Waals surface area contributed by atoms with Gasteiger partial charge in [-0.25, -0.2) is 14.6 Å². The number of benzene rings is 2. The molecule has 8 heteroatoms. The van der Waals surface area contributed by atoms with Gasteiger partial charge in [-0.15, -0.1) is 0 Å². The summed E-state index contributed by atoms with van der Waals surface area (Å²) in [5.41, 5.74) is 5.89. The van der Waals surface area contributed by atoms with E-state index in [2.05, 4.69) is 52.2 Å². The zero-order valence-corrected chi connectivity index (χ0v) is 18.5. The van der Waals surface area contributed by atoms with E-state index in [-0.39, 0.29) is 0 Å². The van der Waals surface area contributed by atoms with E-state index in [1.807, 2.05) is 25.1 Å². The molecule has 0 amide bonds. The summed E-state index contributed by atoms with van der Waals surface area (Å²) < 4.78 is 8.00. The first-order valence-electron chi connectivity index (χ1n) is 10.7. The van der Waals surface area contributed by atoms with Crippen molar-refractivity contribution >= 4 is 16.8 Å². The van der Waals surface area contributed by atoms with Gasteiger partial charge < -0.3 is 14.2 Å². The fraction of sp³-hybridized carbons (Fsp3) is 0.333. The summed E-state index contributed by atoms with van der Waals surface area (Å²) in [7, 11) is 4.24. The maximum Gasteiger partial charge on any atom is 0.217 e. The number of hydrogen-bond donors (Lipinski definition) is 0. The fourth-order valence-electron chi connectivity index (χ4n) is 4.57. The van der Waals surface area contributed by atoms with E-state index in [4.69, 9.17) is 9.40 Å². The Balaban J connectivity index is 1.75. The van der Waals surface area contributed by atoms with Crippen LogP contribution >= 0.6 is 0 Å². The number of rotatable bonds is 5. The van der Waals surface area contributed by atoms with Gasteiger partial charge in [0, 0.05) is 24.7 Å². The Hall–Kier alpha value is -3.70. The second kappa shape index (κ2) is 8.09. The van der Waals surface area contributed by atoms with Crippen molar-refractivity contribution in [2.24, 2.45) is 0 Å². The van der Waals surface area contributed by atoms with Crippen LogP contribution in [0.25, 0.3) is 22.2 Å². The van der Waals surface area contributed by atoms with Crippen molar-refractivity contribution in [2.75, 3.05) is 32.1 Å². The summed E-state index contributed by atoms with van der Waals surface area (Å²) in [5, 5.41) is 14.2. The van der Waals surface area contributed by atoms with Gasteiger partial charge in [-0.05, 0) is 38.6 Å². The van der Waals surface area contributed by atoms with Gasteiger partial charge in [-0.1, -0.05) is 30.3 Å². The highest BCUT2D eigenvalue weighted by atomic mass is 16.3. The van der Waals surface area contributed by atoms with Crippen LogP contribution in [-0.2, 0) is 6.54 Å². The summed E-state index contributed by atoms with van der Waals surface area (Å²) in [4.78, 5) is 13.4. The topological polar surface area (TPSA) is 87.0 Å². The first-order chi connectivity index (χ1) is 15.6. The van der Waals surface area contributed by atoms with E-state index in [0.29, 0.717) is 35.1 Å². The van der Waals surface area contributed by atoms with E-state index in [9.17, 15) is 5.26 Å². The quantitative estimate of drug-likeness (QED) is 0.482. The molecule has 3 heterocycles. The molecule has 0 saturated carbocycles. The number of aromatic nitrogens is 4. The molecular weight excluding hydrogens is 402 g/mol. The number of oxazole rings is 1. The van der Waals surface area contributed by atoms with Crippen LogP contribution in [0.2, 0.25) is 0 Å². The van der Waals surface area contributed by atoms with Crippen LogP contribution in [-0.4, -0.2) is 57.9 Å². The summed E-state index contributed by atoms with van der Waals surface area (Å²) in [6.45, 7) is 4.18. The second-order valence-corrected chi connectivity index (χ2v) is 8.43. The molecule has 162 valence electrons. The highest BCUT2D eigenvalue weighted by Gasteiger charge is 2.31. The molecule has 2 aromatic carbocycles. The Kier molecular flexibility index (Phi) is 5.11. The van der Waals surface area contributed by atoms with Gasteiger partial charge in [0.1, 0.15) is 30.8 Å². The molecule has 1 aliphatic heterocycles. The predicted octanol–water partition coefficient (Wildman–Crippen LogP) is 3.46. The molecule has 0 bridgehead atoms. The Morgan fingerprint density at radius 1 is 1.25 bits per heavy atom. The van der Waals surface area contributed by atoms with Crippen LogP contribution in [0.3, 0.4) is 0 Å². The summed E-state index contributed by atoms with van der Waals surface area (Å²) in [5.74, 6) is 0.510. The van der Waals surface area contributed by atoms with Crippen LogP contribution in [0.4, 0.5) is 5.69 Å². The van der Waals surface area contributed by atoms with Gasteiger partial charge in [0.25, 0.3) is 0 Å². The third kappa shape index (κ3) is 3.41. The molecule has 4 aromatic rings. The minimum absolute atomic E-state index is 0.360. The first kappa shape index (κ1) is 20.2. The zero-order chi connectivity index (χ0) is 22.2. The van der Waals surface area contributed by atoms with Crippen molar-refractivity contribution in [3.63, 3.8) is 0 Å². The van der Waals surface area contributed by atoms with Gasteiger partial charge in [0.15, 0.2) is 5.58 Å². The molecule has 0 spiro atoms. The number of nitrogens with zero attached hydrogens (tertiary/aromatic N) is 7. The van der Waals surface area contributed by atoms with Gasteiger partial charge in [0.2, 0.25) is 5.89 Å². The molecule has 1 atom stereocenters. The third-order valence-electron chi connectivity index (χ3n) is 6.26. The second-order valence-electron chi connectivity index (χ2n) is 8.43. The molecule has 0 aliphatic carbocycles. The van der Waals surface area contributed by atoms with E-state index in [1.165, 1.54) is 6.33 Å². The van der Waals surface area contributed by atoms with Crippen molar-refractivity contribution < 1.29 is 4.42 Å². The molecule has 32 heavy (non-hydrogen) atoms. The van der Waals surface area contributed by atoms with Crippen LogP contribution in [0.1, 0.15) is 23.4 Å². The lowest BCUT2D eigenvalue weighted by atomic mass is 9.93. The molecule has 0 N–H and O–H groups in total. The molecule has 8 nitrogen and oxygen atoms in total. The van der Waals surface area contributed by atoms with Crippen molar-refractivity contribution in [3.8, 4) is 17.2 Å². The van der Waals surface area contributed by atoms with Gasteiger partial charge in [0.05, 0.1) is 11.3 Å². The Labute approximate surface area is 186 Å². The average Bonchev–Trinajstić information content (AvgIpc) is 3.55. The summed E-state index contributed by atoms with van der Waals surface area (Å²) in [6.07, 6.45) is 4.18. The minimum Gasteiger partial charge on any atom is -0.436 e. The molecule has 1 fully saturated rings. The van der Waals surface area contributed by atoms with Crippen molar-refractivity contribution in [2.45, 2.75) is 25.9 Å². The highest BCUT2D eigenvalue weighted by Crippen LogP contribution is 2.44. The molecule has 0 radical (unpaired) electrons. The predicted molar refractivity (Wildman–Crippen MR) is 122 cm³/mol. The van der Waals surface area contributed by atoms with E-state index < -0.39 is 0 Å². The molecular formula is C24H25N7O. The van der Waals surface area contributed by atoms with E-state index >= 15 is 0 Å². The zero-order valence-electron chi connectivity index (χ0n) is 18.5. The summed E-state index contributed by atoms with van der Waals surface area (Å²) >= 11 is 0. The Morgan fingerprint density at radius 3 is 2.72 bits per heavy atom. The van der Waals surface area contributed by atoms with Crippen LogP contribution in [0, 0.1) is 18.3 Å². The molecule has 0 unspecified atom stereocenters. The molecule has 1 aliphatic rings. The van der Waals surface area contributed by atoms with Crippen molar-refractivity contribution in [3.05, 3.63) is 60.0 Å². The number of fused-ring (bicyclic) bond motifs is 1. The molecule has 1 saturated heterocycles. The molecule has 2 aromatic heterocycles. The van der Waals surface area contributed by atoms with Crippen LogP contribution in [0.5, 0.6) is 0 Å². The lowest BCUT2D eigenvalue weighted by Crippen LogP contribution is -2.31. The third-order valence-corrected chi connectivity index (χ3v) is 6.26. The minimum atomic E-state index is 0.360. The standard InChI is InChI=1S/C24H25N7O/c1-16-19(11-25)22-24(32-20(28-22)13-31-15-26-14-27-31)23(21(16)17-7-5-4-6-8-17)30-10-9-18(12-30)29(2)3/h4-8,14-15,18H,9-10,12-13H2,1-3H3/t18-/m0/s1. The highest BCUT2D eigenvalue weighted by molar-refractivity contribution is 6.02. The maximum absolute atomic E-state index is 10.0. The maximum atomic E-state index is 10.0. The number of likely N-dealkylation sites (N-methyl/N-ethyl adjacent to an activating group) is 1.